The summed E-state index contributed by atoms with van der Waals surface area (Å²) in [6, 6.07) is 8.08. The molecule has 2 aromatic rings. The molecule has 1 heterocycles. The van der Waals surface area contributed by atoms with Gasteiger partial charge >= 0.3 is 0 Å². The van der Waals surface area contributed by atoms with Crippen molar-refractivity contribution in [3.05, 3.63) is 35.6 Å². The van der Waals surface area contributed by atoms with E-state index in [0.29, 0.717) is 12.2 Å². The molecular weight excluding hydrogens is 188 g/mol. The molecule has 0 bridgehead atoms. The first-order valence-corrected chi connectivity index (χ1v) is 5.45. The van der Waals surface area contributed by atoms with Crippen LogP contribution in [0.5, 0.6) is 0 Å². The first kappa shape index (κ1) is 10.2. The molecular formula is C13H16O2. The predicted molar refractivity (Wildman–Crippen MR) is 60.8 cm³/mol. The van der Waals surface area contributed by atoms with Crippen LogP contribution in [0.25, 0.3) is 11.0 Å². The van der Waals surface area contributed by atoms with Crippen molar-refractivity contribution in [1.82, 2.24) is 0 Å². The van der Waals surface area contributed by atoms with Gasteiger partial charge in [-0.25, -0.2) is 0 Å². The van der Waals surface area contributed by atoms with E-state index in [1.807, 2.05) is 19.1 Å². The quantitative estimate of drug-likeness (QED) is 0.830. The lowest BCUT2D eigenvalue weighted by Crippen LogP contribution is -1.90. The third kappa shape index (κ3) is 1.90. The summed E-state index contributed by atoms with van der Waals surface area (Å²) < 4.78 is 5.57. The highest BCUT2D eigenvalue weighted by atomic mass is 16.4. The topological polar surface area (TPSA) is 33.4 Å². The Bertz CT molecular complexity index is 457. The minimum Gasteiger partial charge on any atom is -0.458 e. The van der Waals surface area contributed by atoms with E-state index in [0.717, 1.165) is 17.4 Å². The maximum Gasteiger partial charge on any atom is 0.134 e. The second-order valence-electron chi connectivity index (χ2n) is 3.80. The van der Waals surface area contributed by atoms with Crippen LogP contribution in [0, 0.1) is 0 Å². The van der Waals surface area contributed by atoms with E-state index < -0.39 is 6.10 Å². The van der Waals surface area contributed by atoms with E-state index in [1.165, 1.54) is 5.56 Å². The van der Waals surface area contributed by atoms with Gasteiger partial charge in [-0.05, 0) is 36.6 Å². The highest BCUT2D eigenvalue weighted by molar-refractivity contribution is 5.78. The Labute approximate surface area is 89.5 Å². The van der Waals surface area contributed by atoms with E-state index in [-0.39, 0.29) is 0 Å². The van der Waals surface area contributed by atoms with Crippen LogP contribution in [0.2, 0.25) is 0 Å². The van der Waals surface area contributed by atoms with Crippen LogP contribution in [0.15, 0.2) is 28.7 Å². The Morgan fingerprint density at radius 2 is 2.07 bits per heavy atom. The zero-order valence-electron chi connectivity index (χ0n) is 9.16. The van der Waals surface area contributed by atoms with Crippen LogP contribution in [0.3, 0.4) is 0 Å². The monoisotopic (exact) mass is 204 g/mol. The van der Waals surface area contributed by atoms with Gasteiger partial charge in [-0.3, -0.25) is 0 Å². The molecule has 0 amide bonds. The van der Waals surface area contributed by atoms with E-state index in [1.54, 1.807) is 0 Å². The van der Waals surface area contributed by atoms with Gasteiger partial charge in [-0.2, -0.15) is 0 Å². The molecule has 0 aliphatic heterocycles. The summed E-state index contributed by atoms with van der Waals surface area (Å²) in [6.07, 6.45) is 1.22. The summed E-state index contributed by atoms with van der Waals surface area (Å²) in [5, 5.41) is 10.7. The number of hydrogen-bond donors (Lipinski definition) is 1. The average Bonchev–Trinajstić information content (AvgIpc) is 2.70. The molecule has 0 aliphatic rings. The maximum absolute atomic E-state index is 9.66. The van der Waals surface area contributed by atoms with Crippen LogP contribution < -0.4 is 0 Å². The molecule has 0 spiro atoms. The summed E-state index contributed by atoms with van der Waals surface area (Å²) in [5.74, 6) is 0.667. The third-order valence-corrected chi connectivity index (χ3v) is 2.72. The molecule has 1 atom stereocenters. The highest BCUT2D eigenvalue weighted by Gasteiger charge is 2.11. The van der Waals surface area contributed by atoms with Gasteiger partial charge in [0.05, 0.1) is 0 Å². The third-order valence-electron chi connectivity index (χ3n) is 2.72. The lowest BCUT2D eigenvalue weighted by atomic mass is 10.1. The van der Waals surface area contributed by atoms with Crippen molar-refractivity contribution >= 4 is 11.0 Å². The van der Waals surface area contributed by atoms with Crippen molar-refractivity contribution in [1.29, 1.82) is 0 Å². The number of aliphatic hydroxyl groups excluding tert-OH is 1. The van der Waals surface area contributed by atoms with Crippen molar-refractivity contribution < 1.29 is 9.52 Å². The maximum atomic E-state index is 9.66. The van der Waals surface area contributed by atoms with Gasteiger partial charge < -0.3 is 9.52 Å². The fourth-order valence-corrected chi connectivity index (χ4v) is 1.70. The first-order valence-electron chi connectivity index (χ1n) is 5.45. The lowest BCUT2D eigenvalue weighted by Gasteiger charge is -2.00. The zero-order chi connectivity index (χ0) is 10.8. The molecule has 15 heavy (non-hydrogen) atoms. The minimum atomic E-state index is -0.484. The number of benzene rings is 1. The normalized spacial score (nSPS) is 13.3. The molecule has 2 rings (SSSR count). The van der Waals surface area contributed by atoms with E-state index in [4.69, 9.17) is 4.42 Å². The predicted octanol–water partition coefficient (Wildman–Crippen LogP) is 3.44. The van der Waals surface area contributed by atoms with E-state index in [9.17, 15) is 5.11 Å². The summed E-state index contributed by atoms with van der Waals surface area (Å²) in [6.45, 7) is 4.07. The Morgan fingerprint density at radius 3 is 2.73 bits per heavy atom. The Kier molecular flexibility index (Phi) is 2.78. The standard InChI is InChI=1S/C13H16O2/c1-3-9-5-6-12-10(7-9)8-13(15-12)11(14)4-2/h5-8,11,14H,3-4H2,1-2H3. The molecule has 80 valence electrons. The second kappa shape index (κ2) is 4.07. The van der Waals surface area contributed by atoms with Gasteiger partial charge in [0, 0.05) is 5.39 Å². The Balaban J connectivity index is 2.46. The molecule has 1 aromatic heterocycles. The molecule has 0 fully saturated rings. The van der Waals surface area contributed by atoms with Crippen molar-refractivity contribution in [2.24, 2.45) is 0 Å². The van der Waals surface area contributed by atoms with Crippen LogP contribution >= 0.6 is 0 Å². The summed E-state index contributed by atoms with van der Waals surface area (Å²) >= 11 is 0. The number of hydrogen-bond acceptors (Lipinski definition) is 2. The lowest BCUT2D eigenvalue weighted by molar-refractivity contribution is 0.148. The van der Waals surface area contributed by atoms with Crippen molar-refractivity contribution in [2.75, 3.05) is 0 Å². The van der Waals surface area contributed by atoms with Crippen molar-refractivity contribution in [2.45, 2.75) is 32.8 Å². The van der Waals surface area contributed by atoms with Gasteiger partial charge in [0.2, 0.25) is 0 Å². The first-order chi connectivity index (χ1) is 7.24. The number of aryl methyl sites for hydroxylation is 1. The van der Waals surface area contributed by atoms with Gasteiger partial charge in [-0.15, -0.1) is 0 Å². The molecule has 0 saturated heterocycles. The number of furan rings is 1. The van der Waals surface area contributed by atoms with E-state index in [2.05, 4.69) is 19.1 Å². The molecule has 1 unspecified atom stereocenters. The number of rotatable bonds is 3. The van der Waals surface area contributed by atoms with Crippen molar-refractivity contribution in [3.63, 3.8) is 0 Å². The van der Waals surface area contributed by atoms with Gasteiger partial charge in [0.15, 0.2) is 0 Å². The fraction of sp³-hybridized carbons (Fsp3) is 0.385. The highest BCUT2D eigenvalue weighted by Crippen LogP contribution is 2.26. The summed E-state index contributed by atoms with van der Waals surface area (Å²) in [5.41, 5.74) is 2.15. The van der Waals surface area contributed by atoms with Crippen LogP contribution in [-0.4, -0.2) is 5.11 Å². The molecule has 2 heteroatoms. The minimum absolute atomic E-state index is 0.484. The number of fused-ring (bicyclic) bond motifs is 1. The molecule has 1 aromatic carbocycles. The van der Waals surface area contributed by atoms with Gasteiger partial charge in [0.25, 0.3) is 0 Å². The molecule has 2 nitrogen and oxygen atoms in total. The molecule has 0 saturated carbocycles. The van der Waals surface area contributed by atoms with E-state index >= 15 is 0 Å². The Morgan fingerprint density at radius 1 is 1.27 bits per heavy atom. The largest absolute Gasteiger partial charge is 0.458 e. The van der Waals surface area contributed by atoms with Crippen LogP contribution in [0.1, 0.15) is 37.7 Å². The Hall–Kier alpha value is -1.28. The molecule has 0 aliphatic carbocycles. The number of aliphatic hydroxyl groups is 1. The molecule has 0 radical (unpaired) electrons. The van der Waals surface area contributed by atoms with Gasteiger partial charge in [-0.1, -0.05) is 19.9 Å². The summed E-state index contributed by atoms with van der Waals surface area (Å²) in [4.78, 5) is 0. The smallest absolute Gasteiger partial charge is 0.134 e. The van der Waals surface area contributed by atoms with Gasteiger partial charge in [0.1, 0.15) is 17.4 Å². The summed E-state index contributed by atoms with van der Waals surface area (Å²) in [7, 11) is 0. The molecule has 1 N–H and O–H groups in total. The fourth-order valence-electron chi connectivity index (χ4n) is 1.70. The SMILES string of the molecule is CCc1ccc2oc(C(O)CC)cc2c1. The second-order valence-corrected chi connectivity index (χ2v) is 3.80. The average molecular weight is 204 g/mol. The zero-order valence-corrected chi connectivity index (χ0v) is 9.16. The van der Waals surface area contributed by atoms with Crippen LogP contribution in [0.4, 0.5) is 0 Å². The van der Waals surface area contributed by atoms with Crippen molar-refractivity contribution in [3.8, 4) is 0 Å². The van der Waals surface area contributed by atoms with Crippen LogP contribution in [-0.2, 0) is 6.42 Å².